The van der Waals surface area contributed by atoms with E-state index in [1.165, 1.54) is 0 Å². The predicted molar refractivity (Wildman–Crippen MR) is 66.7 cm³/mol. The Hall–Kier alpha value is -2.23. The topological polar surface area (TPSA) is 43.0 Å². The molecule has 0 amide bonds. The minimum Gasteiger partial charge on any atom is -0.467 e. The van der Waals surface area contributed by atoms with Gasteiger partial charge in [-0.1, -0.05) is 6.07 Å². The van der Waals surface area contributed by atoms with E-state index in [2.05, 4.69) is 16.5 Å². The van der Waals surface area contributed by atoms with Gasteiger partial charge in [0.1, 0.15) is 5.76 Å². The zero-order valence-electron chi connectivity index (χ0n) is 9.55. The highest BCUT2D eigenvalue weighted by molar-refractivity contribution is 5.91. The lowest BCUT2D eigenvalue weighted by atomic mass is 10.2. The molecule has 3 aromatic rings. The molecule has 0 fully saturated rings. The highest BCUT2D eigenvalue weighted by atomic mass is 16.3. The second-order valence-corrected chi connectivity index (χ2v) is 3.94. The van der Waals surface area contributed by atoms with Crippen LogP contribution >= 0.6 is 0 Å². The van der Waals surface area contributed by atoms with Crippen LogP contribution in [-0.2, 0) is 13.6 Å². The van der Waals surface area contributed by atoms with Crippen LogP contribution in [0.3, 0.4) is 0 Å². The number of benzene rings is 1. The van der Waals surface area contributed by atoms with Gasteiger partial charge in [-0.25, -0.2) is 0 Å². The average Bonchev–Trinajstić information content (AvgIpc) is 2.97. The van der Waals surface area contributed by atoms with Crippen molar-refractivity contribution >= 4 is 16.6 Å². The lowest BCUT2D eigenvalue weighted by molar-refractivity contribution is 0.518. The Morgan fingerprint density at radius 3 is 3.06 bits per heavy atom. The van der Waals surface area contributed by atoms with Crippen LogP contribution in [0, 0.1) is 0 Å². The van der Waals surface area contributed by atoms with Crippen LogP contribution in [0.4, 0.5) is 5.69 Å². The summed E-state index contributed by atoms with van der Waals surface area (Å²) >= 11 is 0. The Balaban J connectivity index is 1.90. The second kappa shape index (κ2) is 3.97. The molecule has 86 valence electrons. The summed E-state index contributed by atoms with van der Waals surface area (Å²) < 4.78 is 7.16. The number of aryl methyl sites for hydroxylation is 1. The smallest absolute Gasteiger partial charge is 0.122 e. The molecule has 4 heteroatoms. The number of rotatable bonds is 3. The average molecular weight is 227 g/mol. The van der Waals surface area contributed by atoms with Gasteiger partial charge in [0, 0.05) is 18.1 Å². The summed E-state index contributed by atoms with van der Waals surface area (Å²) in [6, 6.07) is 9.97. The molecule has 0 atom stereocenters. The van der Waals surface area contributed by atoms with Crippen molar-refractivity contribution in [3.63, 3.8) is 0 Å². The van der Waals surface area contributed by atoms with Crippen molar-refractivity contribution in [1.82, 2.24) is 9.78 Å². The fraction of sp³-hybridized carbons (Fsp3) is 0.154. The first kappa shape index (κ1) is 9.96. The monoisotopic (exact) mass is 227 g/mol. The van der Waals surface area contributed by atoms with Crippen LogP contribution in [-0.4, -0.2) is 9.78 Å². The maximum Gasteiger partial charge on any atom is 0.122 e. The SMILES string of the molecule is Cn1ncc2c(NCc3ccco3)cccc21. The molecular formula is C13H13N3O. The summed E-state index contributed by atoms with van der Waals surface area (Å²) in [6.45, 7) is 0.682. The van der Waals surface area contributed by atoms with E-state index in [4.69, 9.17) is 4.42 Å². The summed E-state index contributed by atoms with van der Waals surface area (Å²) in [6.07, 6.45) is 3.56. The lowest BCUT2D eigenvalue weighted by Crippen LogP contribution is -1.98. The molecule has 0 aliphatic heterocycles. The quantitative estimate of drug-likeness (QED) is 0.748. The molecule has 2 heterocycles. The summed E-state index contributed by atoms with van der Waals surface area (Å²) in [5.74, 6) is 0.922. The first-order valence-electron chi connectivity index (χ1n) is 5.51. The standard InChI is InChI=1S/C13H13N3O/c1-16-13-6-2-5-12(11(13)9-15-16)14-8-10-4-3-7-17-10/h2-7,9,14H,8H2,1H3. The third-order valence-electron chi connectivity index (χ3n) is 2.82. The second-order valence-electron chi connectivity index (χ2n) is 3.94. The number of anilines is 1. The van der Waals surface area contributed by atoms with Crippen LogP contribution in [0.1, 0.15) is 5.76 Å². The molecule has 4 nitrogen and oxygen atoms in total. The largest absolute Gasteiger partial charge is 0.467 e. The molecule has 3 rings (SSSR count). The van der Waals surface area contributed by atoms with Crippen molar-refractivity contribution in [2.75, 3.05) is 5.32 Å². The highest BCUT2D eigenvalue weighted by Gasteiger charge is 2.04. The van der Waals surface area contributed by atoms with Crippen molar-refractivity contribution in [2.24, 2.45) is 7.05 Å². The van der Waals surface area contributed by atoms with E-state index < -0.39 is 0 Å². The maximum absolute atomic E-state index is 5.29. The van der Waals surface area contributed by atoms with Gasteiger partial charge in [-0.3, -0.25) is 4.68 Å². The number of nitrogens with one attached hydrogen (secondary N) is 1. The van der Waals surface area contributed by atoms with E-state index in [-0.39, 0.29) is 0 Å². The van der Waals surface area contributed by atoms with E-state index >= 15 is 0 Å². The predicted octanol–water partition coefficient (Wildman–Crippen LogP) is 2.78. The van der Waals surface area contributed by atoms with Gasteiger partial charge in [-0.15, -0.1) is 0 Å². The third-order valence-corrected chi connectivity index (χ3v) is 2.82. The van der Waals surface area contributed by atoms with Gasteiger partial charge in [0.2, 0.25) is 0 Å². The fourth-order valence-electron chi connectivity index (χ4n) is 1.93. The lowest BCUT2D eigenvalue weighted by Gasteiger charge is -2.05. The van der Waals surface area contributed by atoms with E-state index in [9.17, 15) is 0 Å². The van der Waals surface area contributed by atoms with Crippen LogP contribution in [0.15, 0.2) is 47.2 Å². The Morgan fingerprint density at radius 1 is 1.29 bits per heavy atom. The van der Waals surface area contributed by atoms with Crippen LogP contribution in [0.2, 0.25) is 0 Å². The van der Waals surface area contributed by atoms with E-state index in [1.807, 2.05) is 42.2 Å². The van der Waals surface area contributed by atoms with Crippen molar-refractivity contribution in [3.8, 4) is 0 Å². The van der Waals surface area contributed by atoms with Gasteiger partial charge in [-0.2, -0.15) is 5.10 Å². The molecule has 0 spiro atoms. The minimum absolute atomic E-state index is 0.682. The highest BCUT2D eigenvalue weighted by Crippen LogP contribution is 2.22. The minimum atomic E-state index is 0.682. The van der Waals surface area contributed by atoms with E-state index in [0.29, 0.717) is 6.54 Å². The maximum atomic E-state index is 5.29. The van der Waals surface area contributed by atoms with Gasteiger partial charge in [0.15, 0.2) is 0 Å². The van der Waals surface area contributed by atoms with Gasteiger partial charge >= 0.3 is 0 Å². The first-order valence-corrected chi connectivity index (χ1v) is 5.51. The fourth-order valence-corrected chi connectivity index (χ4v) is 1.93. The van der Waals surface area contributed by atoms with Crippen molar-refractivity contribution in [1.29, 1.82) is 0 Å². The molecule has 0 saturated carbocycles. The molecule has 0 aliphatic carbocycles. The summed E-state index contributed by atoms with van der Waals surface area (Å²) in [4.78, 5) is 0. The molecule has 17 heavy (non-hydrogen) atoms. The number of fused-ring (bicyclic) bond motifs is 1. The third kappa shape index (κ3) is 1.78. The number of aromatic nitrogens is 2. The Morgan fingerprint density at radius 2 is 2.24 bits per heavy atom. The van der Waals surface area contributed by atoms with Crippen LogP contribution in [0.5, 0.6) is 0 Å². The van der Waals surface area contributed by atoms with Gasteiger partial charge in [0.05, 0.1) is 24.5 Å². The molecule has 0 bridgehead atoms. The van der Waals surface area contributed by atoms with Gasteiger partial charge < -0.3 is 9.73 Å². The number of hydrogen-bond acceptors (Lipinski definition) is 3. The summed E-state index contributed by atoms with van der Waals surface area (Å²) in [5, 5.41) is 8.74. The zero-order chi connectivity index (χ0) is 11.7. The number of hydrogen-bond donors (Lipinski definition) is 1. The normalized spacial score (nSPS) is 10.9. The van der Waals surface area contributed by atoms with Gasteiger partial charge in [0.25, 0.3) is 0 Å². The van der Waals surface area contributed by atoms with Crippen molar-refractivity contribution in [2.45, 2.75) is 6.54 Å². The van der Waals surface area contributed by atoms with Gasteiger partial charge in [-0.05, 0) is 24.3 Å². The summed E-state index contributed by atoms with van der Waals surface area (Å²) in [5.41, 5.74) is 2.20. The molecule has 2 aromatic heterocycles. The molecule has 0 aliphatic rings. The number of nitrogens with zero attached hydrogens (tertiary/aromatic N) is 2. The molecule has 1 aromatic carbocycles. The van der Waals surface area contributed by atoms with E-state index in [1.54, 1.807) is 6.26 Å². The zero-order valence-corrected chi connectivity index (χ0v) is 9.55. The van der Waals surface area contributed by atoms with Crippen molar-refractivity contribution < 1.29 is 4.42 Å². The number of furan rings is 1. The van der Waals surface area contributed by atoms with E-state index in [0.717, 1.165) is 22.4 Å². The van der Waals surface area contributed by atoms with Crippen LogP contribution < -0.4 is 5.32 Å². The van der Waals surface area contributed by atoms with Crippen LogP contribution in [0.25, 0.3) is 10.9 Å². The molecular weight excluding hydrogens is 214 g/mol. The Labute approximate surface area is 98.9 Å². The first-order chi connectivity index (χ1) is 8.34. The Kier molecular flexibility index (Phi) is 2.33. The van der Waals surface area contributed by atoms with Crippen molar-refractivity contribution in [3.05, 3.63) is 48.6 Å². The Bertz CT molecular complexity index is 625. The molecule has 0 radical (unpaired) electrons. The molecule has 0 saturated heterocycles. The molecule has 1 N–H and O–H groups in total. The summed E-state index contributed by atoms with van der Waals surface area (Å²) in [7, 11) is 1.94. The molecule has 0 unspecified atom stereocenters.